The van der Waals surface area contributed by atoms with Gasteiger partial charge >= 0.3 is 0 Å². The van der Waals surface area contributed by atoms with Crippen molar-refractivity contribution in [3.63, 3.8) is 0 Å². The molecule has 1 amide bonds. The minimum absolute atomic E-state index is 0.0101. The molecule has 4 N–H and O–H groups in total. The highest BCUT2D eigenvalue weighted by molar-refractivity contribution is 9.10. The Bertz CT molecular complexity index is 3550. The summed E-state index contributed by atoms with van der Waals surface area (Å²) in [6.07, 6.45) is 13.2. The summed E-state index contributed by atoms with van der Waals surface area (Å²) in [5.41, 5.74) is 9.83. The number of phenols is 1. The number of imidazole rings is 2. The van der Waals surface area contributed by atoms with Crippen LogP contribution < -0.4 is 20.7 Å². The fourth-order valence-electron chi connectivity index (χ4n) is 10.2. The van der Waals surface area contributed by atoms with E-state index in [1.165, 1.54) is 31.0 Å². The Kier molecular flexibility index (Phi) is 17.7. The predicted molar refractivity (Wildman–Crippen MR) is 308 cm³/mol. The number of halogens is 5. The summed E-state index contributed by atoms with van der Waals surface area (Å²) in [4.78, 5) is 39.3. The molecule has 15 nitrogen and oxygen atoms in total. The van der Waals surface area contributed by atoms with Gasteiger partial charge in [-0.1, -0.05) is 30.3 Å². The zero-order valence-electron chi connectivity index (χ0n) is 45.8. The normalized spacial score (nSPS) is 16.1. The average molecular weight is 1170 g/mol. The van der Waals surface area contributed by atoms with Crippen molar-refractivity contribution >= 4 is 50.3 Å². The van der Waals surface area contributed by atoms with Crippen LogP contribution in [0.3, 0.4) is 0 Å². The van der Waals surface area contributed by atoms with Crippen molar-refractivity contribution in [3.8, 4) is 39.9 Å². The quantitative estimate of drug-likeness (QED) is 0.0568. The van der Waals surface area contributed by atoms with Gasteiger partial charge in [-0.3, -0.25) is 9.59 Å². The molecule has 0 unspecified atom stereocenters. The van der Waals surface area contributed by atoms with Crippen LogP contribution in [0, 0.1) is 54.9 Å². The largest absolute Gasteiger partial charge is 0.505 e. The molecule has 8 aromatic rings. The predicted octanol–water partition coefficient (Wildman–Crippen LogP) is 12.3. The number of fused-ring (bicyclic) bond motifs is 2. The first kappa shape index (κ1) is 56.8. The molecule has 4 aliphatic rings. The van der Waals surface area contributed by atoms with Gasteiger partial charge in [0.25, 0.3) is 5.91 Å². The maximum atomic E-state index is 14.4. The smallest absolute Gasteiger partial charge is 0.251 e. The van der Waals surface area contributed by atoms with Gasteiger partial charge in [0.15, 0.2) is 46.0 Å². The number of hydrogen-bond acceptors (Lipinski definition) is 12. The number of nitrogens with zero attached hydrogens (tertiary/aromatic N) is 8. The van der Waals surface area contributed by atoms with Crippen LogP contribution in [0.4, 0.5) is 28.9 Å². The highest BCUT2D eigenvalue weighted by Gasteiger charge is 2.27. The molecule has 0 radical (unpaired) electrons. The Hall–Kier alpha value is -7.42. The number of nitrogens with one attached hydrogen (secondary N) is 3. The molecule has 424 valence electrons. The van der Waals surface area contributed by atoms with Crippen LogP contribution in [-0.2, 0) is 0 Å². The van der Waals surface area contributed by atoms with Crippen molar-refractivity contribution < 1.29 is 37.0 Å². The maximum Gasteiger partial charge on any atom is 0.251 e. The molecule has 4 aromatic heterocycles. The van der Waals surface area contributed by atoms with Gasteiger partial charge < -0.3 is 35.6 Å². The Balaban J connectivity index is 0.000000160. The van der Waals surface area contributed by atoms with Gasteiger partial charge in [0.05, 0.1) is 35.2 Å². The fourth-order valence-corrected chi connectivity index (χ4v) is 10.6. The van der Waals surface area contributed by atoms with Crippen LogP contribution in [0.5, 0.6) is 17.4 Å². The number of benzene rings is 4. The summed E-state index contributed by atoms with van der Waals surface area (Å²) in [5, 5.41) is 27.9. The molecule has 2 saturated carbocycles. The molecule has 6 heterocycles. The SMILES string of the molecule is Cc1cc(-c2cnc3c(NCC4CCN(C)CC4)cc(Br)nn23)ccc1C(=O)NC1CC1.Cc1cc(-c2cnc3c(NCC4CCN(C)CC4)cc(Oc4cccc(F)c4F)nn23)ccc1C(=O)CC1CC1.Oc1cccc(F)c1F. The van der Waals surface area contributed by atoms with E-state index >= 15 is 0 Å². The van der Waals surface area contributed by atoms with Crippen molar-refractivity contribution in [1.82, 2.24) is 44.3 Å². The van der Waals surface area contributed by atoms with Crippen LogP contribution in [0.2, 0.25) is 0 Å². The molecule has 81 heavy (non-hydrogen) atoms. The minimum Gasteiger partial charge on any atom is -0.505 e. The summed E-state index contributed by atoms with van der Waals surface area (Å²) in [5.74, 6) is -3.20. The molecule has 4 fully saturated rings. The van der Waals surface area contributed by atoms with Gasteiger partial charge in [-0.05, 0) is 199 Å². The van der Waals surface area contributed by atoms with Crippen LogP contribution >= 0.6 is 15.9 Å². The molecular weight excluding hydrogens is 1110 g/mol. The lowest BCUT2D eigenvalue weighted by Gasteiger charge is -2.29. The molecule has 0 atom stereocenters. The van der Waals surface area contributed by atoms with E-state index in [2.05, 4.69) is 75.9 Å². The number of ether oxygens (including phenoxy) is 1. The molecule has 2 aliphatic heterocycles. The summed E-state index contributed by atoms with van der Waals surface area (Å²) >= 11 is 3.56. The number of aromatic hydroxyl groups is 1. The molecule has 0 spiro atoms. The van der Waals surface area contributed by atoms with E-state index in [0.29, 0.717) is 47.2 Å². The molecule has 12 rings (SSSR count). The fraction of sp³-hybridized carbons (Fsp3) is 0.377. The van der Waals surface area contributed by atoms with Gasteiger partial charge in [0.1, 0.15) is 4.60 Å². The third-order valence-corrected chi connectivity index (χ3v) is 15.8. The van der Waals surface area contributed by atoms with Crippen LogP contribution in [0.25, 0.3) is 33.8 Å². The monoisotopic (exact) mass is 1170 g/mol. The number of carbonyl (C=O) groups is 2. The summed E-state index contributed by atoms with van der Waals surface area (Å²) < 4.78 is 62.5. The second kappa shape index (κ2) is 25.2. The van der Waals surface area contributed by atoms with Crippen LogP contribution in [0.1, 0.15) is 89.6 Å². The molecule has 0 bridgehead atoms. The van der Waals surface area contributed by atoms with Gasteiger partial charge in [-0.15, -0.1) is 5.10 Å². The van der Waals surface area contributed by atoms with Gasteiger partial charge in [0, 0.05) is 53.9 Å². The molecule has 20 heteroatoms. The lowest BCUT2D eigenvalue weighted by molar-refractivity contribution is 0.0948. The third kappa shape index (κ3) is 14.0. The number of aromatic nitrogens is 6. The Morgan fingerprint density at radius 1 is 0.642 bits per heavy atom. The van der Waals surface area contributed by atoms with Crippen molar-refractivity contribution in [3.05, 3.63) is 147 Å². The van der Waals surface area contributed by atoms with Crippen molar-refractivity contribution in [2.24, 2.45) is 17.8 Å². The zero-order chi connectivity index (χ0) is 56.9. The number of hydrogen-bond donors (Lipinski definition) is 4. The van der Waals surface area contributed by atoms with Gasteiger partial charge in [-0.2, -0.15) is 13.9 Å². The number of phenolic OH excluding ortho intramolecular Hbond substituents is 1. The highest BCUT2D eigenvalue weighted by Crippen LogP contribution is 2.36. The Morgan fingerprint density at radius 2 is 1.17 bits per heavy atom. The first-order valence-electron chi connectivity index (χ1n) is 27.6. The first-order valence-corrected chi connectivity index (χ1v) is 28.4. The van der Waals surface area contributed by atoms with Gasteiger partial charge in [0.2, 0.25) is 11.7 Å². The lowest BCUT2D eigenvalue weighted by Crippen LogP contribution is -2.33. The number of aryl methyl sites for hydroxylation is 2. The Labute approximate surface area is 476 Å². The summed E-state index contributed by atoms with van der Waals surface area (Å²) in [6.45, 7) is 10.0. The van der Waals surface area contributed by atoms with E-state index in [4.69, 9.17) is 9.84 Å². The van der Waals surface area contributed by atoms with E-state index in [1.807, 2.05) is 67.0 Å². The van der Waals surface area contributed by atoms with Gasteiger partial charge in [-0.25, -0.2) is 27.8 Å². The zero-order valence-corrected chi connectivity index (χ0v) is 47.4. The van der Waals surface area contributed by atoms with Crippen molar-refractivity contribution in [2.75, 3.05) is 64.0 Å². The topological polar surface area (TPSA) is 167 Å². The summed E-state index contributed by atoms with van der Waals surface area (Å²) in [7, 11) is 4.32. The highest BCUT2D eigenvalue weighted by atomic mass is 79.9. The van der Waals surface area contributed by atoms with E-state index in [1.54, 1.807) is 16.8 Å². The summed E-state index contributed by atoms with van der Waals surface area (Å²) in [6, 6.07) is 22.7. The number of Topliss-reactive ketones (excluding diaryl/α,β-unsaturated/α-hetero) is 1. The first-order chi connectivity index (χ1) is 39.0. The maximum absolute atomic E-state index is 14.4. The number of carbonyl (C=O) groups excluding carboxylic acids is 2. The standard InChI is InChI=1S/C31H33F2N5O2.C24H29BrN6O.C6H4F2O/c1-19-14-22(8-9-23(19)27(39)15-20-6-7-20)26-18-35-31-25(34-17-21-10-12-37(2)13-11-21)16-29(36-38(26)31)40-28-5-3-4-24(32)30(28)33;1-15-11-17(3-6-19(15)24(32)28-18-4-5-18)21-14-27-23-20(12-22(25)29-31(21)23)26-13-16-7-9-30(2)10-8-16;7-4-2-1-3-5(9)6(4)8/h3-5,8-9,14,16,18,20-21,34H,6-7,10-13,15,17H2,1-2H3;3,6,11-12,14,16,18,26H,4-5,7-10,13H2,1-2H3,(H,28,32);1-3,9H. The number of anilines is 2. The van der Waals surface area contributed by atoms with Crippen molar-refractivity contribution in [2.45, 2.75) is 77.7 Å². The molecular formula is C61H66BrF4N11O4. The second-order valence-corrected chi connectivity index (χ2v) is 22.7. The Morgan fingerprint density at radius 3 is 1.70 bits per heavy atom. The minimum atomic E-state index is -1.20. The number of ketones is 1. The third-order valence-electron chi connectivity index (χ3n) is 15.5. The lowest BCUT2D eigenvalue weighted by atomic mass is 9.97. The molecule has 2 saturated heterocycles. The van der Waals surface area contributed by atoms with Crippen LogP contribution in [0.15, 0.2) is 102 Å². The molecule has 2 aliphatic carbocycles. The average Bonchev–Trinajstić information content (AvgIpc) is 4.47. The second-order valence-electron chi connectivity index (χ2n) is 21.9. The number of likely N-dealkylation sites (tertiary alicyclic amines) is 2. The number of amides is 1. The molecule has 4 aromatic carbocycles. The van der Waals surface area contributed by atoms with Crippen LogP contribution in [-0.4, -0.2) is 115 Å². The van der Waals surface area contributed by atoms with Crippen molar-refractivity contribution in [1.29, 1.82) is 0 Å². The number of rotatable bonds is 15. The van der Waals surface area contributed by atoms with E-state index in [0.717, 1.165) is 151 Å². The number of piperidine rings is 2. The van der Waals surface area contributed by atoms with E-state index in [9.17, 15) is 27.2 Å². The van der Waals surface area contributed by atoms with E-state index < -0.39 is 29.0 Å². The van der Waals surface area contributed by atoms with E-state index in [-0.39, 0.29) is 23.3 Å².